The van der Waals surface area contributed by atoms with Gasteiger partial charge in [0.1, 0.15) is 0 Å². The van der Waals surface area contributed by atoms with E-state index in [2.05, 4.69) is 4.84 Å². The summed E-state index contributed by atoms with van der Waals surface area (Å²) in [6.45, 7) is 2.22. The minimum absolute atomic E-state index is 0.0441. The first kappa shape index (κ1) is 11.1. The summed E-state index contributed by atoms with van der Waals surface area (Å²) in [4.78, 5) is 4.41. The van der Waals surface area contributed by atoms with E-state index in [4.69, 9.17) is 5.90 Å². The lowest BCUT2D eigenvalue weighted by atomic mass is 10.0. The molecule has 0 aliphatic carbocycles. The van der Waals surface area contributed by atoms with Gasteiger partial charge in [-0.3, -0.25) is 0 Å². The van der Waals surface area contributed by atoms with Crippen molar-refractivity contribution in [3.05, 3.63) is 34.9 Å². The molecule has 4 heteroatoms. The van der Waals surface area contributed by atoms with E-state index in [1.54, 1.807) is 6.07 Å². The highest BCUT2D eigenvalue weighted by molar-refractivity contribution is 5.31. The van der Waals surface area contributed by atoms with Crippen LogP contribution in [0.25, 0.3) is 0 Å². The van der Waals surface area contributed by atoms with Crippen LogP contribution in [0.5, 0.6) is 0 Å². The van der Waals surface area contributed by atoms with Gasteiger partial charge in [-0.05, 0) is 30.5 Å². The number of rotatable bonds is 4. The van der Waals surface area contributed by atoms with Crippen molar-refractivity contribution in [2.75, 3.05) is 6.61 Å². The van der Waals surface area contributed by atoms with Crippen LogP contribution in [0.15, 0.2) is 18.2 Å². The lowest BCUT2D eigenvalue weighted by Gasteiger charge is -2.07. The Hall–Kier alpha value is -1.00. The van der Waals surface area contributed by atoms with Gasteiger partial charge in [0.15, 0.2) is 0 Å². The van der Waals surface area contributed by atoms with Gasteiger partial charge >= 0.3 is 0 Å². The molecule has 0 aliphatic rings. The highest BCUT2D eigenvalue weighted by Gasteiger charge is 2.08. The zero-order valence-corrected chi connectivity index (χ0v) is 7.97. The summed E-state index contributed by atoms with van der Waals surface area (Å²) in [6, 6.07) is 4.62. The summed E-state index contributed by atoms with van der Waals surface area (Å²) in [6.07, 6.45) is -1.86. The third-order valence-electron chi connectivity index (χ3n) is 2.11. The lowest BCUT2D eigenvalue weighted by molar-refractivity contribution is 0.140. The highest BCUT2D eigenvalue weighted by Crippen LogP contribution is 2.21. The molecule has 0 aliphatic heterocycles. The molecule has 0 unspecified atom stereocenters. The molecule has 0 saturated heterocycles. The fraction of sp³-hybridized carbons (Fsp3) is 0.400. The molecule has 0 atom stereocenters. The number of nitrogens with two attached hydrogens (primary N) is 1. The molecule has 2 N–H and O–H groups in total. The summed E-state index contributed by atoms with van der Waals surface area (Å²) in [5, 5.41) is 0. The first-order chi connectivity index (χ1) is 6.65. The van der Waals surface area contributed by atoms with Crippen LogP contribution in [-0.4, -0.2) is 6.61 Å². The molecule has 0 amide bonds. The van der Waals surface area contributed by atoms with E-state index < -0.39 is 6.43 Å². The first-order valence-electron chi connectivity index (χ1n) is 4.34. The largest absolute Gasteiger partial charge is 0.304 e. The Labute approximate surface area is 81.6 Å². The molecule has 78 valence electrons. The van der Waals surface area contributed by atoms with Crippen molar-refractivity contribution in [2.45, 2.75) is 19.8 Å². The Kier molecular flexibility index (Phi) is 3.98. The minimum Gasteiger partial charge on any atom is -0.304 e. The van der Waals surface area contributed by atoms with Gasteiger partial charge in [0.2, 0.25) is 0 Å². The highest BCUT2D eigenvalue weighted by atomic mass is 19.3. The van der Waals surface area contributed by atoms with E-state index >= 15 is 0 Å². The van der Waals surface area contributed by atoms with Crippen molar-refractivity contribution in [3.63, 3.8) is 0 Å². The third kappa shape index (κ3) is 2.75. The van der Waals surface area contributed by atoms with E-state index in [1.165, 1.54) is 12.1 Å². The zero-order chi connectivity index (χ0) is 10.6. The average molecular weight is 201 g/mol. The molecule has 0 aromatic heterocycles. The van der Waals surface area contributed by atoms with E-state index in [0.29, 0.717) is 13.0 Å². The number of hydrogen-bond acceptors (Lipinski definition) is 2. The number of alkyl halides is 2. The molecule has 2 nitrogen and oxygen atoms in total. The van der Waals surface area contributed by atoms with Gasteiger partial charge in [-0.25, -0.2) is 14.7 Å². The standard InChI is InChI=1S/C10H13F2NO/c1-7-2-3-9(10(11)12)6-8(7)4-5-14-13/h2-3,6,10H,4-5,13H2,1H3. The van der Waals surface area contributed by atoms with Crippen LogP contribution < -0.4 is 5.90 Å². The zero-order valence-electron chi connectivity index (χ0n) is 7.97. The van der Waals surface area contributed by atoms with Crippen LogP contribution in [0, 0.1) is 6.92 Å². The smallest absolute Gasteiger partial charge is 0.263 e. The van der Waals surface area contributed by atoms with Gasteiger partial charge in [0.05, 0.1) is 6.61 Å². The van der Waals surface area contributed by atoms with Crippen molar-refractivity contribution in [3.8, 4) is 0 Å². The summed E-state index contributed by atoms with van der Waals surface area (Å²) in [5.74, 6) is 4.88. The number of benzene rings is 1. The van der Waals surface area contributed by atoms with Gasteiger partial charge in [0.25, 0.3) is 6.43 Å². The molecule has 14 heavy (non-hydrogen) atoms. The molecule has 0 fully saturated rings. The van der Waals surface area contributed by atoms with Gasteiger partial charge in [-0.2, -0.15) is 0 Å². The van der Waals surface area contributed by atoms with Crippen LogP contribution in [0.2, 0.25) is 0 Å². The molecule has 0 saturated carbocycles. The topological polar surface area (TPSA) is 35.2 Å². The van der Waals surface area contributed by atoms with Crippen molar-refractivity contribution in [2.24, 2.45) is 5.90 Å². The third-order valence-corrected chi connectivity index (χ3v) is 2.11. The van der Waals surface area contributed by atoms with Crippen molar-refractivity contribution < 1.29 is 13.6 Å². The molecule has 1 aromatic carbocycles. The molecular formula is C10H13F2NO. The normalized spacial score (nSPS) is 10.9. The van der Waals surface area contributed by atoms with Gasteiger partial charge in [-0.15, -0.1) is 0 Å². The lowest BCUT2D eigenvalue weighted by Crippen LogP contribution is -2.05. The van der Waals surface area contributed by atoms with E-state index in [0.717, 1.165) is 11.1 Å². The van der Waals surface area contributed by atoms with Crippen LogP contribution in [0.3, 0.4) is 0 Å². The second kappa shape index (κ2) is 5.02. The fourth-order valence-electron chi connectivity index (χ4n) is 1.27. The number of aryl methyl sites for hydroxylation is 1. The Bertz CT molecular complexity index is 302. The van der Waals surface area contributed by atoms with Crippen molar-refractivity contribution in [1.82, 2.24) is 0 Å². The molecular weight excluding hydrogens is 188 g/mol. The minimum atomic E-state index is -2.42. The van der Waals surface area contributed by atoms with E-state index in [-0.39, 0.29) is 5.56 Å². The predicted molar refractivity (Wildman–Crippen MR) is 50.0 cm³/mol. The molecule has 1 aromatic rings. The van der Waals surface area contributed by atoms with Gasteiger partial charge in [-0.1, -0.05) is 12.1 Å². The summed E-state index contributed by atoms with van der Waals surface area (Å²) in [7, 11) is 0. The molecule has 0 heterocycles. The summed E-state index contributed by atoms with van der Waals surface area (Å²) in [5.41, 5.74) is 1.88. The van der Waals surface area contributed by atoms with Crippen molar-refractivity contribution >= 4 is 0 Å². The Morgan fingerprint density at radius 1 is 1.43 bits per heavy atom. The van der Waals surface area contributed by atoms with Crippen LogP contribution in [0.1, 0.15) is 23.1 Å². The number of hydrogen-bond donors (Lipinski definition) is 1. The van der Waals surface area contributed by atoms with E-state index in [1.807, 2.05) is 6.92 Å². The Morgan fingerprint density at radius 2 is 2.14 bits per heavy atom. The maximum absolute atomic E-state index is 12.3. The maximum Gasteiger partial charge on any atom is 0.263 e. The van der Waals surface area contributed by atoms with Crippen LogP contribution in [0.4, 0.5) is 8.78 Å². The second-order valence-corrected chi connectivity index (χ2v) is 3.11. The fourth-order valence-corrected chi connectivity index (χ4v) is 1.27. The van der Waals surface area contributed by atoms with Crippen molar-refractivity contribution in [1.29, 1.82) is 0 Å². The summed E-state index contributed by atoms with van der Waals surface area (Å²) < 4.78 is 24.7. The Morgan fingerprint density at radius 3 is 2.71 bits per heavy atom. The maximum atomic E-state index is 12.3. The quantitative estimate of drug-likeness (QED) is 0.759. The molecule has 0 radical (unpaired) electrons. The predicted octanol–water partition coefficient (Wildman–Crippen LogP) is 2.37. The molecule has 1 rings (SSSR count). The van der Waals surface area contributed by atoms with Gasteiger partial charge in [0, 0.05) is 5.56 Å². The van der Waals surface area contributed by atoms with E-state index in [9.17, 15) is 8.78 Å². The van der Waals surface area contributed by atoms with Crippen LogP contribution >= 0.6 is 0 Å². The first-order valence-corrected chi connectivity index (χ1v) is 4.34. The van der Waals surface area contributed by atoms with Crippen LogP contribution in [-0.2, 0) is 11.3 Å². The van der Waals surface area contributed by atoms with Gasteiger partial charge < -0.3 is 4.84 Å². The molecule has 0 bridgehead atoms. The average Bonchev–Trinajstić information content (AvgIpc) is 2.16. The Balaban J connectivity index is 2.85. The SMILES string of the molecule is Cc1ccc(C(F)F)cc1CCON. The summed E-state index contributed by atoms with van der Waals surface area (Å²) >= 11 is 0. The number of halogens is 2. The molecule has 0 spiro atoms. The monoisotopic (exact) mass is 201 g/mol. The second-order valence-electron chi connectivity index (χ2n) is 3.11.